The number of hydrogen-bond donors (Lipinski definition) is 1. The first kappa shape index (κ1) is 23.6. The molecular formula is C21H35N3O4S. The maximum atomic E-state index is 13.2. The van der Waals surface area contributed by atoms with Crippen molar-refractivity contribution in [3.05, 3.63) is 23.8 Å². The Morgan fingerprint density at radius 3 is 2.41 bits per heavy atom. The summed E-state index contributed by atoms with van der Waals surface area (Å²) >= 11 is 0. The van der Waals surface area contributed by atoms with Crippen molar-refractivity contribution in [3.63, 3.8) is 0 Å². The third-order valence-electron chi connectivity index (χ3n) is 5.43. The van der Waals surface area contributed by atoms with E-state index in [9.17, 15) is 13.2 Å². The molecule has 8 heteroatoms. The predicted octanol–water partition coefficient (Wildman–Crippen LogP) is 2.72. The van der Waals surface area contributed by atoms with Gasteiger partial charge in [-0.15, -0.1) is 0 Å². The van der Waals surface area contributed by atoms with E-state index in [-0.39, 0.29) is 16.6 Å². The van der Waals surface area contributed by atoms with Gasteiger partial charge in [0.2, 0.25) is 10.0 Å². The lowest BCUT2D eigenvalue weighted by molar-refractivity contribution is 0.0945. The van der Waals surface area contributed by atoms with E-state index in [1.54, 1.807) is 12.1 Å². The van der Waals surface area contributed by atoms with Crippen LogP contribution in [0.15, 0.2) is 23.1 Å². The predicted molar refractivity (Wildman–Crippen MR) is 115 cm³/mol. The lowest BCUT2D eigenvalue weighted by Gasteiger charge is -2.24. The average molecular weight is 426 g/mol. The van der Waals surface area contributed by atoms with Gasteiger partial charge in [-0.25, -0.2) is 8.42 Å². The number of likely N-dealkylation sites (N-methyl/N-ethyl adjacent to an activating group) is 1. The SMILES string of the molecule is CCN(CCNC(=O)c1ccc(OC)c(S(=O)(=O)N2CCCCCC2)c1)C(C)C. The molecule has 0 aliphatic carbocycles. The lowest BCUT2D eigenvalue weighted by atomic mass is 10.2. The molecule has 1 N–H and O–H groups in total. The van der Waals surface area contributed by atoms with E-state index in [1.165, 1.54) is 17.5 Å². The highest BCUT2D eigenvalue weighted by atomic mass is 32.2. The lowest BCUT2D eigenvalue weighted by Crippen LogP contribution is -2.38. The van der Waals surface area contributed by atoms with Gasteiger partial charge in [-0.05, 0) is 51.4 Å². The second kappa shape index (κ2) is 10.9. The number of carbonyl (C=O) groups excluding carboxylic acids is 1. The van der Waals surface area contributed by atoms with Gasteiger partial charge >= 0.3 is 0 Å². The molecule has 1 fully saturated rings. The van der Waals surface area contributed by atoms with E-state index < -0.39 is 10.0 Å². The number of amides is 1. The van der Waals surface area contributed by atoms with Gasteiger partial charge in [0.15, 0.2) is 0 Å². The zero-order valence-corrected chi connectivity index (χ0v) is 18.9. The Kier molecular flexibility index (Phi) is 8.92. The Balaban J connectivity index is 2.18. The number of hydrogen-bond acceptors (Lipinski definition) is 5. The van der Waals surface area contributed by atoms with Gasteiger partial charge in [-0.3, -0.25) is 9.69 Å². The van der Waals surface area contributed by atoms with Crippen molar-refractivity contribution in [2.75, 3.05) is 39.8 Å². The third kappa shape index (κ3) is 6.17. The third-order valence-corrected chi connectivity index (χ3v) is 7.35. The highest BCUT2D eigenvalue weighted by Gasteiger charge is 2.29. The van der Waals surface area contributed by atoms with Gasteiger partial charge in [0.1, 0.15) is 10.6 Å². The summed E-state index contributed by atoms with van der Waals surface area (Å²) in [6, 6.07) is 5.01. The molecule has 0 saturated carbocycles. The number of ether oxygens (including phenoxy) is 1. The van der Waals surface area contributed by atoms with Crippen LogP contribution in [0.25, 0.3) is 0 Å². The van der Waals surface area contributed by atoms with E-state index in [0.717, 1.165) is 38.8 Å². The zero-order valence-electron chi connectivity index (χ0n) is 18.1. The molecule has 164 valence electrons. The Hall–Kier alpha value is -1.64. The molecule has 1 aliphatic rings. The number of nitrogens with one attached hydrogen (secondary N) is 1. The van der Waals surface area contributed by atoms with Crippen molar-refractivity contribution >= 4 is 15.9 Å². The van der Waals surface area contributed by atoms with Gasteiger partial charge in [0.25, 0.3) is 5.91 Å². The molecule has 1 heterocycles. The van der Waals surface area contributed by atoms with Crippen LogP contribution in [-0.4, -0.2) is 69.4 Å². The molecule has 1 aliphatic heterocycles. The minimum Gasteiger partial charge on any atom is -0.495 e. The van der Waals surface area contributed by atoms with Gasteiger partial charge < -0.3 is 10.1 Å². The molecule has 2 rings (SSSR count). The van der Waals surface area contributed by atoms with Crippen LogP contribution in [0.3, 0.4) is 0 Å². The van der Waals surface area contributed by atoms with E-state index in [2.05, 4.69) is 31.0 Å². The normalized spacial score (nSPS) is 16.1. The Labute approximate surface area is 175 Å². The highest BCUT2D eigenvalue weighted by molar-refractivity contribution is 7.89. The molecule has 29 heavy (non-hydrogen) atoms. The van der Waals surface area contributed by atoms with Crippen molar-refractivity contribution in [3.8, 4) is 5.75 Å². The van der Waals surface area contributed by atoms with Gasteiger partial charge in [-0.1, -0.05) is 19.8 Å². The molecule has 1 aromatic rings. The number of rotatable bonds is 9. The summed E-state index contributed by atoms with van der Waals surface area (Å²) in [6.07, 6.45) is 3.78. The number of sulfonamides is 1. The first-order chi connectivity index (χ1) is 13.8. The maximum absolute atomic E-state index is 13.2. The van der Waals surface area contributed by atoms with E-state index >= 15 is 0 Å². The van der Waals surface area contributed by atoms with Crippen LogP contribution in [0, 0.1) is 0 Å². The van der Waals surface area contributed by atoms with Crippen LogP contribution in [0.1, 0.15) is 56.8 Å². The summed E-state index contributed by atoms with van der Waals surface area (Å²) in [6.45, 7) is 9.50. The standard InChI is InChI=1S/C21H35N3O4S/c1-5-23(17(2)3)15-12-22-21(25)18-10-11-19(28-4)20(16-18)29(26,27)24-13-8-6-7-9-14-24/h10-11,16-17H,5-9,12-15H2,1-4H3,(H,22,25). The molecule has 1 aromatic carbocycles. The molecule has 7 nitrogen and oxygen atoms in total. The Morgan fingerprint density at radius 2 is 1.86 bits per heavy atom. The fraction of sp³-hybridized carbons (Fsp3) is 0.667. The Morgan fingerprint density at radius 1 is 1.21 bits per heavy atom. The minimum absolute atomic E-state index is 0.0620. The smallest absolute Gasteiger partial charge is 0.251 e. The minimum atomic E-state index is -3.71. The van der Waals surface area contributed by atoms with E-state index in [0.29, 0.717) is 31.2 Å². The number of carbonyl (C=O) groups is 1. The topological polar surface area (TPSA) is 79.0 Å². The quantitative estimate of drug-likeness (QED) is 0.658. The molecule has 0 atom stereocenters. The summed E-state index contributed by atoms with van der Waals surface area (Å²) in [5.41, 5.74) is 0.326. The molecule has 0 spiro atoms. The highest BCUT2D eigenvalue weighted by Crippen LogP contribution is 2.29. The number of benzene rings is 1. The average Bonchev–Trinajstić information content (AvgIpc) is 3.00. The first-order valence-electron chi connectivity index (χ1n) is 10.5. The van der Waals surface area contributed by atoms with Crippen molar-refractivity contribution in [1.82, 2.24) is 14.5 Å². The Bertz CT molecular complexity index is 772. The van der Waals surface area contributed by atoms with Crippen LogP contribution in [0.4, 0.5) is 0 Å². The maximum Gasteiger partial charge on any atom is 0.251 e. The number of nitrogens with zero attached hydrogens (tertiary/aromatic N) is 2. The molecule has 1 saturated heterocycles. The van der Waals surface area contributed by atoms with E-state index in [1.807, 2.05) is 0 Å². The molecule has 0 radical (unpaired) electrons. The van der Waals surface area contributed by atoms with Crippen molar-refractivity contribution < 1.29 is 17.9 Å². The summed E-state index contributed by atoms with van der Waals surface area (Å²) < 4.78 is 33.3. The van der Waals surface area contributed by atoms with Gasteiger partial charge in [-0.2, -0.15) is 4.31 Å². The molecule has 0 unspecified atom stereocenters. The largest absolute Gasteiger partial charge is 0.495 e. The van der Waals surface area contributed by atoms with Gasteiger partial charge in [0.05, 0.1) is 7.11 Å². The second-order valence-electron chi connectivity index (χ2n) is 7.66. The molecular weight excluding hydrogens is 390 g/mol. The van der Waals surface area contributed by atoms with Crippen LogP contribution in [-0.2, 0) is 10.0 Å². The van der Waals surface area contributed by atoms with E-state index in [4.69, 9.17) is 4.74 Å². The van der Waals surface area contributed by atoms with Crippen molar-refractivity contribution in [2.45, 2.75) is 57.4 Å². The zero-order chi connectivity index (χ0) is 21.4. The summed E-state index contributed by atoms with van der Waals surface area (Å²) in [5, 5.41) is 2.89. The van der Waals surface area contributed by atoms with Crippen molar-refractivity contribution in [2.24, 2.45) is 0 Å². The summed E-state index contributed by atoms with van der Waals surface area (Å²) in [5.74, 6) is -0.0115. The fourth-order valence-corrected chi connectivity index (χ4v) is 5.34. The van der Waals surface area contributed by atoms with Crippen molar-refractivity contribution in [1.29, 1.82) is 0 Å². The summed E-state index contributed by atoms with van der Waals surface area (Å²) in [7, 11) is -2.27. The summed E-state index contributed by atoms with van der Waals surface area (Å²) in [4.78, 5) is 14.9. The molecule has 1 amide bonds. The fourth-order valence-electron chi connectivity index (χ4n) is 3.64. The van der Waals surface area contributed by atoms with Crippen LogP contribution >= 0.6 is 0 Å². The first-order valence-corrected chi connectivity index (χ1v) is 12.0. The monoisotopic (exact) mass is 425 g/mol. The molecule has 0 bridgehead atoms. The van der Waals surface area contributed by atoms with Crippen LogP contribution in [0.2, 0.25) is 0 Å². The second-order valence-corrected chi connectivity index (χ2v) is 9.57. The van der Waals surface area contributed by atoms with Crippen LogP contribution < -0.4 is 10.1 Å². The van der Waals surface area contributed by atoms with Gasteiger partial charge in [0, 0.05) is 37.8 Å². The molecule has 0 aromatic heterocycles. The number of methoxy groups -OCH3 is 1. The van der Waals surface area contributed by atoms with Crippen LogP contribution in [0.5, 0.6) is 5.75 Å².